The van der Waals surface area contributed by atoms with Gasteiger partial charge in [-0.25, -0.2) is 0 Å². The number of nitrogens with zero attached hydrogens (tertiary/aromatic N) is 3. The van der Waals surface area contributed by atoms with Crippen LogP contribution in [0, 0.1) is 0 Å². The quantitative estimate of drug-likeness (QED) is 0.573. The lowest BCUT2D eigenvalue weighted by Gasteiger charge is -2.41. The number of benzene rings is 1. The normalized spacial score (nSPS) is 17.7. The molecule has 0 saturated carbocycles. The SMILES string of the molecule is CN=C(NCC(C)N(C)c1ccccc1)NCC(C)(C)N1CCOCC1. The molecule has 1 atom stereocenters. The molecule has 2 rings (SSSR count). The Morgan fingerprint density at radius 3 is 2.50 bits per heavy atom. The molecular weight excluding hydrogens is 326 g/mol. The second-order valence-corrected chi connectivity index (χ2v) is 7.51. The van der Waals surface area contributed by atoms with Crippen LogP contribution < -0.4 is 15.5 Å². The maximum absolute atomic E-state index is 5.46. The van der Waals surface area contributed by atoms with Gasteiger partial charge in [-0.05, 0) is 32.9 Å². The molecular formula is C20H35N5O. The van der Waals surface area contributed by atoms with Crippen LogP contribution in [0.4, 0.5) is 5.69 Å². The predicted molar refractivity (Wildman–Crippen MR) is 110 cm³/mol. The first-order chi connectivity index (χ1) is 12.4. The van der Waals surface area contributed by atoms with Crippen molar-refractivity contribution in [2.24, 2.45) is 4.99 Å². The van der Waals surface area contributed by atoms with Gasteiger partial charge in [-0.2, -0.15) is 0 Å². The van der Waals surface area contributed by atoms with E-state index >= 15 is 0 Å². The lowest BCUT2D eigenvalue weighted by molar-refractivity contribution is -0.00834. The third-order valence-corrected chi connectivity index (χ3v) is 5.17. The van der Waals surface area contributed by atoms with Gasteiger partial charge in [0.1, 0.15) is 0 Å². The average Bonchev–Trinajstić information content (AvgIpc) is 2.68. The minimum absolute atomic E-state index is 0.0633. The first-order valence-corrected chi connectivity index (χ1v) is 9.49. The number of aliphatic imine (C=N–C) groups is 1. The molecule has 0 amide bonds. The molecule has 146 valence electrons. The van der Waals surface area contributed by atoms with Gasteiger partial charge in [-0.15, -0.1) is 0 Å². The standard InChI is InChI=1S/C20H35N5O/c1-17(24(5)18-9-7-6-8-10-18)15-22-19(21-4)23-16-20(2,3)25-11-13-26-14-12-25/h6-10,17H,11-16H2,1-5H3,(H2,21,22,23). The Kier molecular flexibility index (Phi) is 7.72. The molecule has 6 nitrogen and oxygen atoms in total. The molecule has 0 aromatic heterocycles. The van der Waals surface area contributed by atoms with Gasteiger partial charge in [0.2, 0.25) is 0 Å². The van der Waals surface area contributed by atoms with Crippen molar-refractivity contribution in [3.63, 3.8) is 0 Å². The number of hydrogen-bond donors (Lipinski definition) is 2. The van der Waals surface area contributed by atoms with Gasteiger partial charge in [-0.1, -0.05) is 18.2 Å². The lowest BCUT2D eigenvalue weighted by Crippen LogP contribution is -2.57. The van der Waals surface area contributed by atoms with Crippen LogP contribution in [0.1, 0.15) is 20.8 Å². The highest BCUT2D eigenvalue weighted by atomic mass is 16.5. The van der Waals surface area contributed by atoms with Crippen LogP contribution in [0.25, 0.3) is 0 Å². The molecule has 1 fully saturated rings. The summed E-state index contributed by atoms with van der Waals surface area (Å²) >= 11 is 0. The summed E-state index contributed by atoms with van der Waals surface area (Å²) in [5.74, 6) is 0.847. The molecule has 1 aliphatic rings. The number of nitrogens with one attached hydrogen (secondary N) is 2. The number of anilines is 1. The molecule has 1 aliphatic heterocycles. The summed E-state index contributed by atoms with van der Waals surface area (Å²) in [6.45, 7) is 12.0. The maximum Gasteiger partial charge on any atom is 0.191 e. The average molecular weight is 362 g/mol. The Balaban J connectivity index is 1.80. The summed E-state index contributed by atoms with van der Waals surface area (Å²) in [7, 11) is 3.95. The summed E-state index contributed by atoms with van der Waals surface area (Å²) in [4.78, 5) is 9.12. The third-order valence-electron chi connectivity index (χ3n) is 5.17. The third kappa shape index (κ3) is 5.88. The van der Waals surface area contributed by atoms with Gasteiger partial charge in [-0.3, -0.25) is 9.89 Å². The molecule has 1 unspecified atom stereocenters. The molecule has 0 spiro atoms. The summed E-state index contributed by atoms with van der Waals surface area (Å²) in [6.07, 6.45) is 0. The minimum Gasteiger partial charge on any atom is -0.379 e. The molecule has 0 radical (unpaired) electrons. The second kappa shape index (κ2) is 9.78. The van der Waals surface area contributed by atoms with E-state index in [1.165, 1.54) is 5.69 Å². The zero-order valence-corrected chi connectivity index (χ0v) is 17.0. The Hall–Kier alpha value is -1.79. The molecule has 6 heteroatoms. The van der Waals surface area contributed by atoms with Crippen LogP contribution >= 0.6 is 0 Å². The monoisotopic (exact) mass is 361 g/mol. The van der Waals surface area contributed by atoms with Crippen LogP contribution in [0.2, 0.25) is 0 Å². The van der Waals surface area contributed by atoms with Gasteiger partial charge in [0.05, 0.1) is 13.2 Å². The van der Waals surface area contributed by atoms with E-state index in [0.717, 1.165) is 45.4 Å². The Labute approximate surface area is 158 Å². The summed E-state index contributed by atoms with van der Waals surface area (Å²) in [6, 6.07) is 10.8. The molecule has 1 aromatic carbocycles. The van der Waals surface area contributed by atoms with Crippen LogP contribution in [0.15, 0.2) is 35.3 Å². The van der Waals surface area contributed by atoms with Crippen LogP contribution in [-0.2, 0) is 4.74 Å². The van der Waals surface area contributed by atoms with Crippen molar-refractivity contribution < 1.29 is 4.74 Å². The second-order valence-electron chi connectivity index (χ2n) is 7.51. The number of guanidine groups is 1. The molecule has 1 saturated heterocycles. The van der Waals surface area contributed by atoms with E-state index in [1.54, 1.807) is 0 Å². The van der Waals surface area contributed by atoms with Gasteiger partial charge in [0.25, 0.3) is 0 Å². The van der Waals surface area contributed by atoms with Crippen LogP contribution in [0.5, 0.6) is 0 Å². The number of likely N-dealkylation sites (N-methyl/N-ethyl adjacent to an activating group) is 1. The number of para-hydroxylation sites is 1. The van der Waals surface area contributed by atoms with E-state index in [0.29, 0.717) is 6.04 Å². The number of ether oxygens (including phenoxy) is 1. The topological polar surface area (TPSA) is 52.1 Å². The lowest BCUT2D eigenvalue weighted by atomic mass is 10.0. The highest BCUT2D eigenvalue weighted by molar-refractivity contribution is 5.79. The van der Waals surface area contributed by atoms with E-state index in [2.05, 4.69) is 77.5 Å². The number of hydrogen-bond acceptors (Lipinski definition) is 4. The van der Waals surface area contributed by atoms with E-state index in [-0.39, 0.29) is 5.54 Å². The molecule has 0 bridgehead atoms. The van der Waals surface area contributed by atoms with Crippen molar-refractivity contribution >= 4 is 11.6 Å². The van der Waals surface area contributed by atoms with Crippen molar-refractivity contribution in [3.8, 4) is 0 Å². The number of morpholine rings is 1. The predicted octanol–water partition coefficient (Wildman–Crippen LogP) is 1.79. The van der Waals surface area contributed by atoms with Gasteiger partial charge in [0.15, 0.2) is 5.96 Å². The Morgan fingerprint density at radius 1 is 1.23 bits per heavy atom. The van der Waals surface area contributed by atoms with Gasteiger partial charge >= 0.3 is 0 Å². The van der Waals surface area contributed by atoms with Crippen molar-refractivity contribution in [3.05, 3.63) is 30.3 Å². The fourth-order valence-corrected chi connectivity index (χ4v) is 3.10. The van der Waals surface area contributed by atoms with E-state index in [9.17, 15) is 0 Å². The van der Waals surface area contributed by atoms with Crippen LogP contribution in [-0.4, -0.2) is 75.9 Å². The molecule has 0 aliphatic carbocycles. The molecule has 2 N–H and O–H groups in total. The molecule has 26 heavy (non-hydrogen) atoms. The van der Waals surface area contributed by atoms with E-state index < -0.39 is 0 Å². The van der Waals surface area contributed by atoms with Crippen molar-refractivity contribution in [2.75, 3.05) is 58.4 Å². The highest BCUT2D eigenvalue weighted by Crippen LogP contribution is 2.15. The summed E-state index contributed by atoms with van der Waals surface area (Å²) in [5.41, 5.74) is 1.28. The maximum atomic E-state index is 5.46. The van der Waals surface area contributed by atoms with E-state index in [1.807, 2.05) is 13.1 Å². The minimum atomic E-state index is 0.0633. The number of rotatable bonds is 7. The van der Waals surface area contributed by atoms with Crippen molar-refractivity contribution in [1.82, 2.24) is 15.5 Å². The Bertz CT molecular complexity index is 555. The zero-order valence-electron chi connectivity index (χ0n) is 17.0. The van der Waals surface area contributed by atoms with Crippen molar-refractivity contribution in [1.29, 1.82) is 0 Å². The molecule has 1 aromatic rings. The van der Waals surface area contributed by atoms with Gasteiger partial charge in [0, 0.05) is 57.5 Å². The van der Waals surface area contributed by atoms with Crippen molar-refractivity contribution in [2.45, 2.75) is 32.4 Å². The van der Waals surface area contributed by atoms with Gasteiger partial charge < -0.3 is 20.3 Å². The fraction of sp³-hybridized carbons (Fsp3) is 0.650. The largest absolute Gasteiger partial charge is 0.379 e. The first kappa shape index (κ1) is 20.5. The zero-order chi connectivity index (χ0) is 19.0. The first-order valence-electron chi connectivity index (χ1n) is 9.49. The summed E-state index contributed by atoms with van der Waals surface area (Å²) < 4.78 is 5.46. The van der Waals surface area contributed by atoms with Crippen LogP contribution in [0.3, 0.4) is 0 Å². The van der Waals surface area contributed by atoms with E-state index in [4.69, 9.17) is 4.74 Å². The summed E-state index contributed by atoms with van der Waals surface area (Å²) in [5, 5.41) is 6.93. The smallest absolute Gasteiger partial charge is 0.191 e. The highest BCUT2D eigenvalue weighted by Gasteiger charge is 2.28. The fourth-order valence-electron chi connectivity index (χ4n) is 3.10. The Morgan fingerprint density at radius 2 is 1.88 bits per heavy atom. The molecule has 1 heterocycles.